The summed E-state index contributed by atoms with van der Waals surface area (Å²) in [6.07, 6.45) is 3.19. The molecule has 0 N–H and O–H groups in total. The van der Waals surface area contributed by atoms with Gasteiger partial charge < -0.3 is 19.1 Å². The van der Waals surface area contributed by atoms with Gasteiger partial charge in [0, 0.05) is 62.7 Å². The highest BCUT2D eigenvalue weighted by atomic mass is 32.2. The summed E-state index contributed by atoms with van der Waals surface area (Å²) in [7, 11) is -3.15. The molecule has 2 aliphatic heterocycles. The number of unbranched alkanes of at least 4 members (excludes halogenated alkanes) is 1. The van der Waals surface area contributed by atoms with Crippen molar-refractivity contribution in [1.82, 2.24) is 19.2 Å². The number of thiophene rings is 1. The summed E-state index contributed by atoms with van der Waals surface area (Å²) in [5, 5.41) is 0. The Balaban J connectivity index is 1.29. The maximum atomic E-state index is 11.9. The van der Waals surface area contributed by atoms with Crippen LogP contribution < -0.4 is 9.64 Å². The van der Waals surface area contributed by atoms with E-state index in [1.807, 2.05) is 31.2 Å². The van der Waals surface area contributed by atoms with E-state index in [1.54, 1.807) is 15.6 Å². The van der Waals surface area contributed by atoms with E-state index in [0.29, 0.717) is 64.9 Å². The average molecular weight is 618 g/mol. The Kier molecular flexibility index (Phi) is 10.3. The second-order valence-corrected chi connectivity index (χ2v) is 13.6. The number of nitrogens with zero attached hydrogens (tertiary/aromatic N) is 5. The number of fused-ring (bicyclic) bond motifs is 1. The first-order valence-electron chi connectivity index (χ1n) is 14.5. The van der Waals surface area contributed by atoms with Crippen molar-refractivity contribution in [2.45, 2.75) is 32.7 Å². The van der Waals surface area contributed by atoms with Crippen LogP contribution in [0, 0.1) is 0 Å². The molecule has 2 fully saturated rings. The molecule has 42 heavy (non-hydrogen) atoms. The van der Waals surface area contributed by atoms with Gasteiger partial charge in [-0.25, -0.2) is 18.4 Å². The van der Waals surface area contributed by atoms with E-state index in [-0.39, 0.29) is 5.97 Å². The number of rotatable bonds is 12. The topological polar surface area (TPSA) is 114 Å². The molecule has 228 valence electrons. The van der Waals surface area contributed by atoms with Crippen LogP contribution in [-0.4, -0.2) is 106 Å². The van der Waals surface area contributed by atoms with Crippen LogP contribution in [-0.2, 0) is 30.8 Å². The first-order chi connectivity index (χ1) is 20.3. The Morgan fingerprint density at radius 2 is 1.76 bits per heavy atom. The van der Waals surface area contributed by atoms with Gasteiger partial charge in [0.1, 0.15) is 5.75 Å². The minimum absolute atomic E-state index is 0.166. The molecular weight excluding hydrogens is 578 g/mol. The van der Waals surface area contributed by atoms with Gasteiger partial charge in [-0.3, -0.25) is 9.69 Å². The molecule has 0 spiro atoms. The molecule has 1 aromatic carbocycles. The van der Waals surface area contributed by atoms with Crippen LogP contribution in [0.2, 0.25) is 0 Å². The summed E-state index contributed by atoms with van der Waals surface area (Å²) in [5.41, 5.74) is 1.82. The minimum atomic E-state index is -3.15. The van der Waals surface area contributed by atoms with Gasteiger partial charge in [0.2, 0.25) is 10.0 Å². The van der Waals surface area contributed by atoms with Crippen LogP contribution in [0.15, 0.2) is 30.3 Å². The number of hydrogen-bond donors (Lipinski definition) is 0. The number of anilines is 1. The average Bonchev–Trinajstić information content (AvgIpc) is 3.39. The van der Waals surface area contributed by atoms with Crippen molar-refractivity contribution in [2.24, 2.45) is 0 Å². The van der Waals surface area contributed by atoms with Crippen LogP contribution in [0.1, 0.15) is 31.1 Å². The molecule has 2 aliphatic rings. The van der Waals surface area contributed by atoms with Crippen LogP contribution in [0.25, 0.3) is 21.6 Å². The maximum Gasteiger partial charge on any atom is 0.305 e. The van der Waals surface area contributed by atoms with Gasteiger partial charge in [0.15, 0.2) is 11.6 Å². The van der Waals surface area contributed by atoms with Gasteiger partial charge in [-0.1, -0.05) is 0 Å². The number of piperazine rings is 1. The Morgan fingerprint density at radius 3 is 2.45 bits per heavy atom. The van der Waals surface area contributed by atoms with Crippen LogP contribution in [0.4, 0.5) is 5.82 Å². The number of ether oxygens (including phenoxy) is 3. The monoisotopic (exact) mass is 617 g/mol. The lowest BCUT2D eigenvalue weighted by Gasteiger charge is -2.32. The highest BCUT2D eigenvalue weighted by Crippen LogP contribution is 2.35. The predicted octanol–water partition coefficient (Wildman–Crippen LogP) is 3.38. The third-order valence-electron chi connectivity index (χ3n) is 7.36. The predicted molar refractivity (Wildman–Crippen MR) is 164 cm³/mol. The Morgan fingerprint density at radius 1 is 1.02 bits per heavy atom. The molecule has 0 saturated carbocycles. The third kappa shape index (κ3) is 7.95. The standard InChI is InChI=1S/C29H39N5O6S2/c1-3-39-26(35)6-4-5-17-40-23-9-7-22(8-10-23)28-30-25-20-24(21-32-11-13-34(14-12-32)42(2,36)37)41-27(25)29(31-28)33-15-18-38-19-16-33/h7-10,20H,3-6,11-19,21H2,1-2H3. The van der Waals surface area contributed by atoms with Crippen molar-refractivity contribution in [1.29, 1.82) is 0 Å². The molecule has 11 nitrogen and oxygen atoms in total. The van der Waals surface area contributed by atoms with Crippen molar-refractivity contribution < 1.29 is 27.4 Å². The van der Waals surface area contributed by atoms with Crippen molar-refractivity contribution in [3.63, 3.8) is 0 Å². The van der Waals surface area contributed by atoms with Gasteiger partial charge in [-0.2, -0.15) is 4.31 Å². The molecule has 0 aliphatic carbocycles. The zero-order valence-corrected chi connectivity index (χ0v) is 25.9. The number of carbonyl (C=O) groups excluding carboxylic acids is 1. The van der Waals surface area contributed by atoms with Crippen molar-refractivity contribution in [2.75, 3.05) is 76.9 Å². The molecule has 13 heteroatoms. The maximum absolute atomic E-state index is 11.9. The van der Waals surface area contributed by atoms with Gasteiger partial charge in [-0.05, 0) is 50.1 Å². The minimum Gasteiger partial charge on any atom is -0.494 e. The molecule has 2 aromatic heterocycles. The summed E-state index contributed by atoms with van der Waals surface area (Å²) in [6, 6.07) is 9.96. The van der Waals surface area contributed by atoms with Crippen molar-refractivity contribution >= 4 is 43.4 Å². The summed E-state index contributed by atoms with van der Waals surface area (Å²) in [4.78, 5) is 27.2. The fourth-order valence-corrected chi connectivity index (χ4v) is 7.08. The Labute approximate surface area is 251 Å². The smallest absolute Gasteiger partial charge is 0.305 e. The molecule has 5 rings (SSSR count). The largest absolute Gasteiger partial charge is 0.494 e. The summed E-state index contributed by atoms with van der Waals surface area (Å²) < 4.78 is 42.8. The van der Waals surface area contributed by atoms with Crippen LogP contribution in [0.5, 0.6) is 5.75 Å². The molecule has 3 aromatic rings. The van der Waals surface area contributed by atoms with Gasteiger partial charge >= 0.3 is 5.97 Å². The molecule has 0 unspecified atom stereocenters. The van der Waals surface area contributed by atoms with E-state index < -0.39 is 10.0 Å². The van der Waals surface area contributed by atoms with E-state index in [4.69, 9.17) is 24.2 Å². The first-order valence-corrected chi connectivity index (χ1v) is 17.2. The van der Waals surface area contributed by atoms with E-state index in [2.05, 4.69) is 15.9 Å². The second-order valence-electron chi connectivity index (χ2n) is 10.5. The highest BCUT2D eigenvalue weighted by molar-refractivity contribution is 7.88. The molecule has 0 amide bonds. The summed E-state index contributed by atoms with van der Waals surface area (Å²) >= 11 is 1.71. The van der Waals surface area contributed by atoms with Crippen LogP contribution in [0.3, 0.4) is 0 Å². The number of carbonyl (C=O) groups is 1. The molecule has 2 saturated heterocycles. The number of hydrogen-bond acceptors (Lipinski definition) is 11. The number of aromatic nitrogens is 2. The third-order valence-corrected chi connectivity index (χ3v) is 9.77. The van der Waals surface area contributed by atoms with Gasteiger partial charge in [0.05, 0.1) is 42.9 Å². The lowest BCUT2D eigenvalue weighted by atomic mass is 10.2. The Bertz CT molecular complexity index is 1450. The molecular formula is C29H39N5O6S2. The quantitative estimate of drug-likeness (QED) is 0.221. The number of morpholine rings is 1. The van der Waals surface area contributed by atoms with E-state index in [1.165, 1.54) is 11.1 Å². The highest BCUT2D eigenvalue weighted by Gasteiger charge is 2.25. The summed E-state index contributed by atoms with van der Waals surface area (Å²) in [5.74, 6) is 2.19. The van der Waals surface area contributed by atoms with E-state index in [9.17, 15) is 13.2 Å². The lowest BCUT2D eigenvalue weighted by Crippen LogP contribution is -2.47. The van der Waals surface area contributed by atoms with Crippen molar-refractivity contribution in [3.8, 4) is 17.1 Å². The van der Waals surface area contributed by atoms with Gasteiger partial charge in [0.25, 0.3) is 0 Å². The van der Waals surface area contributed by atoms with Crippen LogP contribution >= 0.6 is 11.3 Å². The SMILES string of the molecule is CCOC(=O)CCCCOc1ccc(-c2nc(N3CCOCC3)c3sc(CN4CCN(S(C)(=O)=O)CC4)cc3n2)cc1. The normalized spacial score (nSPS) is 17.0. The number of benzene rings is 1. The molecule has 0 radical (unpaired) electrons. The number of esters is 1. The zero-order valence-electron chi connectivity index (χ0n) is 24.3. The summed E-state index contributed by atoms with van der Waals surface area (Å²) in [6.45, 7) is 8.81. The fraction of sp³-hybridized carbons (Fsp3) is 0.552. The second kappa shape index (κ2) is 14.1. The molecule has 4 heterocycles. The first kappa shape index (κ1) is 30.6. The lowest BCUT2D eigenvalue weighted by molar-refractivity contribution is -0.143. The van der Waals surface area contributed by atoms with Gasteiger partial charge in [-0.15, -0.1) is 11.3 Å². The fourth-order valence-electron chi connectivity index (χ4n) is 5.10. The van der Waals surface area contributed by atoms with Crippen molar-refractivity contribution in [3.05, 3.63) is 35.2 Å². The van der Waals surface area contributed by atoms with E-state index in [0.717, 1.165) is 59.8 Å². The Hall–Kier alpha value is -2.84. The molecule has 0 atom stereocenters. The molecule has 0 bridgehead atoms. The zero-order chi connectivity index (χ0) is 29.5. The van der Waals surface area contributed by atoms with E-state index >= 15 is 0 Å². The number of sulfonamides is 1.